The first-order valence-corrected chi connectivity index (χ1v) is 10.3. The van der Waals surface area contributed by atoms with Crippen molar-refractivity contribution in [3.8, 4) is 0 Å². The van der Waals surface area contributed by atoms with E-state index in [0.717, 1.165) is 24.2 Å². The topological polar surface area (TPSA) is 24.9 Å². The van der Waals surface area contributed by atoms with Crippen molar-refractivity contribution in [1.82, 2.24) is 10.3 Å². The van der Waals surface area contributed by atoms with Crippen LogP contribution in [-0.4, -0.2) is 11.0 Å². The Hall–Kier alpha value is -2.97. The molecule has 1 atom stereocenters. The lowest BCUT2D eigenvalue weighted by atomic mass is 10.1. The van der Waals surface area contributed by atoms with Crippen molar-refractivity contribution in [2.75, 3.05) is 0 Å². The Morgan fingerprint density at radius 1 is 1.00 bits per heavy atom. The summed E-state index contributed by atoms with van der Waals surface area (Å²) in [6.45, 7) is 14.6. The summed E-state index contributed by atoms with van der Waals surface area (Å²) in [6.07, 6.45) is 8.37. The largest absolute Gasteiger partial charge is 0.310 e. The predicted molar refractivity (Wildman–Crippen MR) is 128 cm³/mol. The maximum atomic E-state index is 4.56. The lowest BCUT2D eigenvalue weighted by Crippen LogP contribution is -2.27. The molecule has 1 unspecified atom stereocenters. The van der Waals surface area contributed by atoms with Gasteiger partial charge in [0.05, 0.1) is 5.69 Å². The maximum Gasteiger partial charge on any atom is 0.0701 e. The third-order valence-corrected chi connectivity index (χ3v) is 4.65. The molecule has 0 radical (unpaired) electrons. The van der Waals surface area contributed by atoms with E-state index >= 15 is 0 Å². The lowest BCUT2D eigenvalue weighted by Gasteiger charge is -2.14. The molecule has 2 nitrogen and oxygen atoms in total. The van der Waals surface area contributed by atoms with Crippen LogP contribution in [0.25, 0.3) is 16.3 Å². The highest BCUT2D eigenvalue weighted by Gasteiger charge is 2.06. The van der Waals surface area contributed by atoms with Gasteiger partial charge in [-0.05, 0) is 52.9 Å². The van der Waals surface area contributed by atoms with E-state index in [9.17, 15) is 0 Å². The van der Waals surface area contributed by atoms with E-state index in [4.69, 9.17) is 0 Å². The molecule has 0 amide bonds. The first kappa shape index (κ1) is 22.3. The molecule has 0 aliphatic heterocycles. The van der Waals surface area contributed by atoms with Gasteiger partial charge in [-0.15, -0.1) is 0 Å². The smallest absolute Gasteiger partial charge is 0.0701 e. The van der Waals surface area contributed by atoms with E-state index in [1.54, 1.807) is 12.2 Å². The molecule has 3 aromatic rings. The number of allylic oxidation sites excluding steroid dienone is 4. The van der Waals surface area contributed by atoms with Crippen molar-refractivity contribution in [2.45, 2.75) is 39.8 Å². The van der Waals surface area contributed by atoms with Gasteiger partial charge >= 0.3 is 0 Å². The third kappa shape index (κ3) is 6.55. The van der Waals surface area contributed by atoms with Gasteiger partial charge < -0.3 is 5.32 Å². The Kier molecular flexibility index (Phi) is 9.07. The quantitative estimate of drug-likeness (QED) is 0.435. The average Bonchev–Trinajstić information content (AvgIpc) is 2.78. The van der Waals surface area contributed by atoms with Crippen LogP contribution in [0.3, 0.4) is 0 Å². The van der Waals surface area contributed by atoms with Gasteiger partial charge in [0.2, 0.25) is 0 Å². The van der Waals surface area contributed by atoms with Crippen LogP contribution in [0.1, 0.15) is 37.6 Å². The lowest BCUT2D eigenvalue weighted by molar-refractivity contribution is 0.545. The number of nitrogens with one attached hydrogen (secondary N) is 1. The van der Waals surface area contributed by atoms with Crippen molar-refractivity contribution >= 4 is 16.3 Å². The molecule has 1 heterocycles. The van der Waals surface area contributed by atoms with Gasteiger partial charge in [-0.1, -0.05) is 87.7 Å². The van der Waals surface area contributed by atoms with Gasteiger partial charge in [0.25, 0.3) is 0 Å². The number of rotatable bonds is 8. The van der Waals surface area contributed by atoms with Crippen LogP contribution in [-0.2, 0) is 13.0 Å². The maximum absolute atomic E-state index is 4.56. The summed E-state index contributed by atoms with van der Waals surface area (Å²) >= 11 is 0. The van der Waals surface area contributed by atoms with Crippen LogP contribution < -0.4 is 5.32 Å². The minimum absolute atomic E-state index is 0.367. The highest BCUT2D eigenvalue weighted by atomic mass is 14.9. The summed E-state index contributed by atoms with van der Waals surface area (Å²) < 4.78 is 0. The predicted octanol–water partition coefficient (Wildman–Crippen LogP) is 6.74. The van der Waals surface area contributed by atoms with Gasteiger partial charge in [0, 0.05) is 18.8 Å². The number of fused-ring (bicyclic) bond motifs is 1. The second-order valence-corrected chi connectivity index (χ2v) is 6.78. The van der Waals surface area contributed by atoms with Gasteiger partial charge in [-0.3, -0.25) is 4.98 Å². The second kappa shape index (κ2) is 11.8. The summed E-state index contributed by atoms with van der Waals surface area (Å²) in [4.78, 5) is 4.56. The Morgan fingerprint density at radius 2 is 1.72 bits per heavy atom. The van der Waals surface area contributed by atoms with Gasteiger partial charge in [-0.25, -0.2) is 0 Å². The number of pyridine rings is 1. The molecular formula is C27H32N2. The summed E-state index contributed by atoms with van der Waals surface area (Å²) in [7, 11) is 0. The SMILES string of the molecule is C=C/C=C(\C=C)c1ccc(CC(C)NCc2ccc3ccccc3c2)cn1.CC. The normalized spacial score (nSPS) is 12.0. The van der Waals surface area contributed by atoms with Crippen LogP contribution >= 0.6 is 0 Å². The number of benzene rings is 2. The molecule has 29 heavy (non-hydrogen) atoms. The highest BCUT2D eigenvalue weighted by molar-refractivity contribution is 5.83. The second-order valence-electron chi connectivity index (χ2n) is 6.78. The minimum atomic E-state index is 0.367. The Balaban J connectivity index is 0.00000145. The van der Waals surface area contributed by atoms with Gasteiger partial charge in [-0.2, -0.15) is 0 Å². The first-order valence-electron chi connectivity index (χ1n) is 10.3. The van der Waals surface area contributed by atoms with Crippen LogP contribution in [0.5, 0.6) is 0 Å². The zero-order valence-electron chi connectivity index (χ0n) is 17.9. The molecule has 0 saturated heterocycles. The molecule has 3 rings (SSSR count). The molecule has 0 aliphatic rings. The molecule has 1 aromatic heterocycles. The molecule has 0 bridgehead atoms. The Bertz CT molecular complexity index is 952. The van der Waals surface area contributed by atoms with E-state index in [2.05, 4.69) is 78.9 Å². The van der Waals surface area contributed by atoms with Crippen LogP contribution in [0, 0.1) is 0 Å². The Morgan fingerprint density at radius 3 is 2.38 bits per heavy atom. The van der Waals surface area contributed by atoms with Crippen molar-refractivity contribution < 1.29 is 0 Å². The zero-order chi connectivity index (χ0) is 21.1. The standard InChI is InChI=1S/C25H26N2.C2H6/c1-4-8-22(5-2)25-14-12-20(18-27-25)15-19(3)26-17-21-11-13-23-9-6-7-10-24(23)16-21;1-2/h4-14,16,18-19,26H,1-2,15,17H2,3H3;1-2H3/b22-8+;. The molecule has 0 aliphatic carbocycles. The summed E-state index contributed by atoms with van der Waals surface area (Å²) in [5, 5.41) is 6.18. The monoisotopic (exact) mass is 384 g/mol. The molecule has 0 saturated carbocycles. The number of hydrogen-bond donors (Lipinski definition) is 1. The van der Waals surface area contributed by atoms with Crippen LogP contribution in [0.4, 0.5) is 0 Å². The van der Waals surface area contributed by atoms with Crippen molar-refractivity contribution in [3.63, 3.8) is 0 Å². The minimum Gasteiger partial charge on any atom is -0.310 e. The van der Waals surface area contributed by atoms with Crippen LogP contribution in [0.15, 0.2) is 92.2 Å². The fourth-order valence-electron chi connectivity index (χ4n) is 3.17. The van der Waals surface area contributed by atoms with Crippen molar-refractivity contribution in [1.29, 1.82) is 0 Å². The fraction of sp³-hybridized carbons (Fsp3) is 0.222. The molecular weight excluding hydrogens is 352 g/mol. The van der Waals surface area contributed by atoms with Gasteiger partial charge in [0.1, 0.15) is 0 Å². The molecule has 0 spiro atoms. The molecule has 2 heteroatoms. The first-order chi connectivity index (χ1) is 14.2. The number of nitrogens with zero attached hydrogens (tertiary/aromatic N) is 1. The molecule has 150 valence electrons. The zero-order valence-corrected chi connectivity index (χ0v) is 17.9. The summed E-state index contributed by atoms with van der Waals surface area (Å²) in [6, 6.07) is 19.7. The van der Waals surface area contributed by atoms with E-state index < -0.39 is 0 Å². The van der Waals surface area contributed by atoms with E-state index in [1.165, 1.54) is 21.9 Å². The average molecular weight is 385 g/mol. The third-order valence-electron chi connectivity index (χ3n) is 4.65. The van der Waals surface area contributed by atoms with E-state index in [1.807, 2.05) is 32.2 Å². The molecule has 2 aromatic carbocycles. The highest BCUT2D eigenvalue weighted by Crippen LogP contribution is 2.16. The number of hydrogen-bond acceptors (Lipinski definition) is 2. The van der Waals surface area contributed by atoms with Crippen molar-refractivity contribution in [3.05, 3.63) is 109 Å². The van der Waals surface area contributed by atoms with Gasteiger partial charge in [0.15, 0.2) is 0 Å². The van der Waals surface area contributed by atoms with E-state index in [-0.39, 0.29) is 0 Å². The molecule has 1 N–H and O–H groups in total. The summed E-state index contributed by atoms with van der Waals surface area (Å²) in [5.41, 5.74) is 4.43. The fourth-order valence-corrected chi connectivity index (χ4v) is 3.17. The number of aromatic nitrogens is 1. The Labute approximate surface area is 175 Å². The van der Waals surface area contributed by atoms with Crippen LogP contribution in [0.2, 0.25) is 0 Å². The molecule has 0 fully saturated rings. The summed E-state index contributed by atoms with van der Waals surface area (Å²) in [5.74, 6) is 0. The van der Waals surface area contributed by atoms with Crippen molar-refractivity contribution in [2.24, 2.45) is 0 Å². The van der Waals surface area contributed by atoms with E-state index in [0.29, 0.717) is 6.04 Å².